The van der Waals surface area contributed by atoms with Crippen molar-refractivity contribution in [3.63, 3.8) is 0 Å². The molecule has 180 valence electrons. The Balaban J connectivity index is 1.38. The molecule has 35 heavy (non-hydrogen) atoms. The Kier molecular flexibility index (Phi) is 5.24. The van der Waals surface area contributed by atoms with Crippen LogP contribution in [-0.2, 0) is 11.7 Å². The lowest BCUT2D eigenvalue weighted by atomic mass is 10.00. The maximum Gasteiger partial charge on any atom is 0.416 e. The predicted molar refractivity (Wildman–Crippen MR) is 122 cm³/mol. The summed E-state index contributed by atoms with van der Waals surface area (Å²) in [5, 5.41) is 8.92. The third-order valence-electron chi connectivity index (χ3n) is 6.00. The Morgan fingerprint density at radius 1 is 1.11 bits per heavy atom. The van der Waals surface area contributed by atoms with Gasteiger partial charge in [0.25, 0.3) is 0 Å². The van der Waals surface area contributed by atoms with Gasteiger partial charge in [-0.15, -0.1) is 0 Å². The summed E-state index contributed by atoms with van der Waals surface area (Å²) < 4.78 is 54.3. The van der Waals surface area contributed by atoms with Crippen molar-refractivity contribution in [1.29, 1.82) is 0 Å². The van der Waals surface area contributed by atoms with Gasteiger partial charge in [-0.05, 0) is 61.2 Å². The Morgan fingerprint density at radius 3 is 2.49 bits per heavy atom. The number of nitrogens with one attached hydrogen (secondary N) is 2. The van der Waals surface area contributed by atoms with E-state index in [9.17, 15) is 22.4 Å². The lowest BCUT2D eigenvalue weighted by Gasteiger charge is -2.13. The molecule has 5 rings (SSSR count). The number of aryl methyl sites for hydroxylation is 1. The Morgan fingerprint density at radius 2 is 1.83 bits per heavy atom. The number of nitrogens with zero attached hydrogens (tertiary/aromatic N) is 3. The topological polar surface area (TPSA) is 97.3 Å². The van der Waals surface area contributed by atoms with Crippen LogP contribution in [0, 0.1) is 12.7 Å². The smallest absolute Gasteiger partial charge is 0.320 e. The van der Waals surface area contributed by atoms with Gasteiger partial charge >= 0.3 is 12.2 Å². The zero-order chi connectivity index (χ0) is 25.0. The number of benzene rings is 2. The molecule has 2 amide bonds. The number of rotatable bonds is 4. The van der Waals surface area contributed by atoms with Crippen molar-refractivity contribution in [1.82, 2.24) is 14.6 Å². The van der Waals surface area contributed by atoms with Crippen molar-refractivity contribution in [2.24, 2.45) is 5.73 Å². The van der Waals surface area contributed by atoms with E-state index in [0.29, 0.717) is 23.9 Å². The summed E-state index contributed by atoms with van der Waals surface area (Å²) in [6.07, 6.45) is 0.398. The zero-order valence-electron chi connectivity index (χ0n) is 18.4. The molecule has 0 atom stereocenters. The standard InChI is InChI=1S/C24H20F4N6O/c1-13-11-34-20(21(30-12-31-34)23(29)8-9-23)19(13)14-2-5-16(6-3-14)32-22(35)33-18-10-15(24(26,27)28)4-7-17(18)25/h2-7,10-12H,8-9,29H2,1H3,(H2,32,33,35). The summed E-state index contributed by atoms with van der Waals surface area (Å²) in [5.74, 6) is -0.981. The summed E-state index contributed by atoms with van der Waals surface area (Å²) in [5.41, 5.74) is 9.02. The molecule has 1 aliphatic carbocycles. The van der Waals surface area contributed by atoms with E-state index in [1.807, 2.05) is 13.1 Å². The van der Waals surface area contributed by atoms with E-state index < -0.39 is 34.8 Å². The fourth-order valence-corrected chi connectivity index (χ4v) is 4.03. The highest BCUT2D eigenvalue weighted by molar-refractivity contribution is 6.00. The van der Waals surface area contributed by atoms with Crippen LogP contribution < -0.4 is 16.4 Å². The number of carbonyl (C=O) groups excluding carboxylic acids is 1. The third-order valence-corrected chi connectivity index (χ3v) is 6.00. The van der Waals surface area contributed by atoms with Gasteiger partial charge < -0.3 is 16.4 Å². The molecule has 2 heterocycles. The lowest BCUT2D eigenvalue weighted by Crippen LogP contribution is -2.22. The highest BCUT2D eigenvalue weighted by Crippen LogP contribution is 2.45. The first kappa shape index (κ1) is 22.8. The maximum absolute atomic E-state index is 13.9. The van der Waals surface area contributed by atoms with E-state index in [4.69, 9.17) is 5.73 Å². The van der Waals surface area contributed by atoms with Gasteiger partial charge in [-0.1, -0.05) is 12.1 Å². The number of fused-ring (bicyclic) bond motifs is 1. The van der Waals surface area contributed by atoms with Gasteiger partial charge in [-0.25, -0.2) is 18.7 Å². The summed E-state index contributed by atoms with van der Waals surface area (Å²) in [7, 11) is 0. The molecular formula is C24H20F4N6O. The van der Waals surface area contributed by atoms with Crippen LogP contribution >= 0.6 is 0 Å². The molecule has 1 aliphatic rings. The van der Waals surface area contributed by atoms with Gasteiger partial charge in [0.1, 0.15) is 12.1 Å². The molecule has 2 aromatic heterocycles. The van der Waals surface area contributed by atoms with E-state index in [0.717, 1.165) is 40.7 Å². The maximum atomic E-state index is 13.9. The quantitative estimate of drug-likeness (QED) is 0.336. The van der Waals surface area contributed by atoms with Crippen LogP contribution in [0.15, 0.2) is 55.0 Å². The minimum atomic E-state index is -4.66. The van der Waals surface area contributed by atoms with Crippen molar-refractivity contribution < 1.29 is 22.4 Å². The SMILES string of the molecule is Cc1cn2ncnc(C3(N)CC3)c2c1-c1ccc(NC(=O)Nc2cc(C(F)(F)F)ccc2F)cc1. The van der Waals surface area contributed by atoms with Crippen LogP contribution in [0.5, 0.6) is 0 Å². The molecule has 2 aromatic carbocycles. The molecule has 0 saturated heterocycles. The van der Waals surface area contributed by atoms with Gasteiger partial charge in [0.05, 0.1) is 28.0 Å². The number of urea groups is 1. The number of nitrogens with two attached hydrogens (primary N) is 1. The minimum Gasteiger partial charge on any atom is -0.320 e. The average molecular weight is 484 g/mol. The molecule has 7 nitrogen and oxygen atoms in total. The van der Waals surface area contributed by atoms with E-state index >= 15 is 0 Å². The van der Waals surface area contributed by atoms with Crippen LogP contribution in [-0.4, -0.2) is 20.6 Å². The second kappa shape index (κ2) is 8.05. The summed E-state index contributed by atoms with van der Waals surface area (Å²) in [6, 6.07) is 7.78. The number of carbonyl (C=O) groups is 1. The van der Waals surface area contributed by atoms with E-state index in [1.165, 1.54) is 6.33 Å². The molecule has 0 radical (unpaired) electrons. The Hall–Kier alpha value is -3.99. The van der Waals surface area contributed by atoms with Crippen LogP contribution in [0.3, 0.4) is 0 Å². The largest absolute Gasteiger partial charge is 0.416 e. The number of alkyl halides is 3. The number of hydrogen-bond donors (Lipinski definition) is 3. The first-order valence-corrected chi connectivity index (χ1v) is 10.7. The highest BCUT2D eigenvalue weighted by Gasteiger charge is 2.43. The zero-order valence-corrected chi connectivity index (χ0v) is 18.4. The summed E-state index contributed by atoms with van der Waals surface area (Å²) in [4.78, 5) is 16.7. The summed E-state index contributed by atoms with van der Waals surface area (Å²) in [6.45, 7) is 1.95. The lowest BCUT2D eigenvalue weighted by molar-refractivity contribution is -0.137. The van der Waals surface area contributed by atoms with Crippen LogP contribution in [0.25, 0.3) is 16.6 Å². The van der Waals surface area contributed by atoms with Gasteiger partial charge in [0, 0.05) is 17.4 Å². The van der Waals surface area contributed by atoms with E-state index in [-0.39, 0.29) is 0 Å². The Bertz CT molecular complexity index is 1440. The first-order chi connectivity index (χ1) is 16.5. The minimum absolute atomic E-state index is 0.369. The third kappa shape index (κ3) is 4.30. The number of anilines is 2. The molecule has 0 spiro atoms. The van der Waals surface area contributed by atoms with E-state index in [2.05, 4.69) is 20.7 Å². The first-order valence-electron chi connectivity index (χ1n) is 10.7. The normalized spacial score (nSPS) is 14.7. The number of amides is 2. The molecular weight excluding hydrogens is 464 g/mol. The molecule has 4 aromatic rings. The van der Waals surface area contributed by atoms with Crippen molar-refractivity contribution >= 4 is 22.9 Å². The van der Waals surface area contributed by atoms with Crippen molar-refractivity contribution in [2.75, 3.05) is 10.6 Å². The molecule has 0 bridgehead atoms. The molecule has 1 saturated carbocycles. The second-order valence-electron chi connectivity index (χ2n) is 8.59. The monoisotopic (exact) mass is 484 g/mol. The van der Waals surface area contributed by atoms with Crippen molar-refractivity contribution in [3.05, 3.63) is 77.6 Å². The van der Waals surface area contributed by atoms with Crippen LogP contribution in [0.2, 0.25) is 0 Å². The predicted octanol–water partition coefficient (Wildman–Crippen LogP) is 5.45. The molecule has 1 fully saturated rings. The van der Waals surface area contributed by atoms with Crippen molar-refractivity contribution in [3.8, 4) is 11.1 Å². The van der Waals surface area contributed by atoms with E-state index in [1.54, 1.807) is 28.8 Å². The fourth-order valence-electron chi connectivity index (χ4n) is 4.03. The van der Waals surface area contributed by atoms with Gasteiger partial charge in [0.2, 0.25) is 0 Å². The van der Waals surface area contributed by atoms with Gasteiger partial charge in [-0.3, -0.25) is 0 Å². The highest BCUT2D eigenvalue weighted by atomic mass is 19.4. The molecule has 0 unspecified atom stereocenters. The second-order valence-corrected chi connectivity index (χ2v) is 8.59. The molecule has 11 heteroatoms. The van der Waals surface area contributed by atoms with Crippen molar-refractivity contribution in [2.45, 2.75) is 31.5 Å². The fraction of sp³-hybridized carbons (Fsp3) is 0.208. The Labute approximate surface area is 197 Å². The van der Waals surface area contributed by atoms with Crippen LogP contribution in [0.4, 0.5) is 33.7 Å². The summed E-state index contributed by atoms with van der Waals surface area (Å²) >= 11 is 0. The number of hydrogen-bond acceptors (Lipinski definition) is 4. The molecule has 4 N–H and O–H groups in total. The van der Waals surface area contributed by atoms with Gasteiger partial charge in [0.15, 0.2) is 0 Å². The average Bonchev–Trinajstić information content (AvgIpc) is 3.45. The number of aromatic nitrogens is 3. The van der Waals surface area contributed by atoms with Crippen LogP contribution in [0.1, 0.15) is 29.7 Å². The van der Waals surface area contributed by atoms with Gasteiger partial charge in [-0.2, -0.15) is 18.3 Å². The number of halogens is 4. The molecule has 0 aliphatic heterocycles.